The summed E-state index contributed by atoms with van der Waals surface area (Å²) in [5, 5.41) is 1.39. The summed E-state index contributed by atoms with van der Waals surface area (Å²) in [6, 6.07) is 14.2. The van der Waals surface area contributed by atoms with E-state index >= 15 is 0 Å². The van der Waals surface area contributed by atoms with Crippen molar-refractivity contribution in [1.82, 2.24) is 14.6 Å². The Hall–Kier alpha value is -1.75. The van der Waals surface area contributed by atoms with Gasteiger partial charge in [-0.2, -0.15) is 0 Å². The zero-order valence-electron chi connectivity index (χ0n) is 16.5. The molecule has 1 aliphatic heterocycles. The lowest BCUT2D eigenvalue weighted by Gasteiger charge is -2.36. The van der Waals surface area contributed by atoms with Crippen LogP contribution in [0.3, 0.4) is 0 Å². The van der Waals surface area contributed by atoms with Gasteiger partial charge in [0.25, 0.3) is 0 Å². The Morgan fingerprint density at radius 2 is 1.93 bits per heavy atom. The number of rotatable bonds is 5. The SMILES string of the molecule is CNSc1ccc(C2CCCCN2Cc2c(C)cc(C)c3[nH]ccc23)cc1. The Kier molecular flexibility index (Phi) is 5.58. The summed E-state index contributed by atoms with van der Waals surface area (Å²) in [6.07, 6.45) is 5.94. The quantitative estimate of drug-likeness (QED) is 0.554. The van der Waals surface area contributed by atoms with Gasteiger partial charge in [-0.3, -0.25) is 9.62 Å². The number of aromatic nitrogens is 1. The lowest BCUT2D eigenvalue weighted by atomic mass is 9.93. The summed E-state index contributed by atoms with van der Waals surface area (Å²) < 4.78 is 3.15. The molecule has 0 bridgehead atoms. The van der Waals surface area contributed by atoms with Gasteiger partial charge in [0.1, 0.15) is 0 Å². The highest BCUT2D eigenvalue weighted by Gasteiger charge is 2.25. The fourth-order valence-electron chi connectivity index (χ4n) is 4.49. The van der Waals surface area contributed by atoms with E-state index in [4.69, 9.17) is 0 Å². The molecule has 1 aliphatic rings. The third kappa shape index (κ3) is 3.79. The number of hydrogen-bond acceptors (Lipinski definition) is 3. The van der Waals surface area contributed by atoms with Crippen LogP contribution in [-0.4, -0.2) is 23.5 Å². The molecule has 1 saturated heterocycles. The third-order valence-electron chi connectivity index (χ3n) is 5.84. The maximum Gasteiger partial charge on any atom is 0.0487 e. The predicted molar refractivity (Wildman–Crippen MR) is 116 cm³/mol. The van der Waals surface area contributed by atoms with Crippen LogP contribution < -0.4 is 4.72 Å². The van der Waals surface area contributed by atoms with E-state index in [1.807, 2.05) is 7.05 Å². The summed E-state index contributed by atoms with van der Waals surface area (Å²) in [6.45, 7) is 6.66. The van der Waals surface area contributed by atoms with Gasteiger partial charge < -0.3 is 4.98 Å². The van der Waals surface area contributed by atoms with Crippen molar-refractivity contribution in [2.75, 3.05) is 13.6 Å². The molecule has 2 N–H and O–H groups in total. The molecule has 0 aliphatic carbocycles. The van der Waals surface area contributed by atoms with Gasteiger partial charge in [0.2, 0.25) is 0 Å². The molecule has 0 spiro atoms. The zero-order chi connectivity index (χ0) is 18.8. The third-order valence-corrected chi connectivity index (χ3v) is 6.55. The van der Waals surface area contributed by atoms with Crippen molar-refractivity contribution in [3.63, 3.8) is 0 Å². The molecule has 1 aromatic heterocycles. The second kappa shape index (κ2) is 8.09. The number of nitrogens with one attached hydrogen (secondary N) is 2. The minimum atomic E-state index is 0.516. The summed E-state index contributed by atoms with van der Waals surface area (Å²) >= 11 is 1.67. The first kappa shape index (κ1) is 18.6. The predicted octanol–water partition coefficient (Wildman–Crippen LogP) is 5.74. The van der Waals surface area contributed by atoms with E-state index in [2.05, 4.69) is 71.0 Å². The van der Waals surface area contributed by atoms with Crippen LogP contribution >= 0.6 is 11.9 Å². The van der Waals surface area contributed by atoms with Gasteiger partial charge in [-0.1, -0.05) is 24.6 Å². The van der Waals surface area contributed by atoms with Crippen LogP contribution in [0.2, 0.25) is 0 Å². The molecule has 3 aromatic rings. The van der Waals surface area contributed by atoms with Gasteiger partial charge >= 0.3 is 0 Å². The van der Waals surface area contributed by atoms with Gasteiger partial charge in [-0.25, -0.2) is 0 Å². The Balaban J connectivity index is 1.63. The number of likely N-dealkylation sites (tertiary alicyclic amines) is 1. The number of fused-ring (bicyclic) bond motifs is 1. The first-order valence-corrected chi connectivity index (χ1v) is 10.7. The standard InChI is InChI=1S/C23H29N3S/c1-16-14-17(2)23-20(11-12-25-23)21(16)15-26-13-5-4-6-22(26)18-7-9-19(10-8-18)27-24-3/h7-12,14,22,24-25H,4-6,13,15H2,1-3H3. The molecule has 4 heteroatoms. The monoisotopic (exact) mass is 379 g/mol. The van der Waals surface area contributed by atoms with Crippen LogP contribution in [0.4, 0.5) is 0 Å². The normalized spacial score (nSPS) is 18.3. The largest absolute Gasteiger partial charge is 0.361 e. The maximum atomic E-state index is 3.43. The topological polar surface area (TPSA) is 31.1 Å². The van der Waals surface area contributed by atoms with Crippen LogP contribution in [-0.2, 0) is 6.54 Å². The zero-order valence-corrected chi connectivity index (χ0v) is 17.3. The van der Waals surface area contributed by atoms with E-state index in [1.54, 1.807) is 11.9 Å². The average molecular weight is 380 g/mol. The molecule has 3 nitrogen and oxygen atoms in total. The molecule has 27 heavy (non-hydrogen) atoms. The summed E-state index contributed by atoms with van der Waals surface area (Å²) in [7, 11) is 1.97. The highest BCUT2D eigenvalue weighted by molar-refractivity contribution is 7.97. The highest BCUT2D eigenvalue weighted by atomic mass is 32.2. The fourth-order valence-corrected chi connectivity index (χ4v) is 5.00. The molecular weight excluding hydrogens is 350 g/mol. The van der Waals surface area contributed by atoms with Crippen LogP contribution in [0.25, 0.3) is 10.9 Å². The molecule has 2 aromatic carbocycles. The summed E-state index contributed by atoms with van der Waals surface area (Å²) in [4.78, 5) is 7.39. The van der Waals surface area contributed by atoms with Crippen molar-refractivity contribution < 1.29 is 0 Å². The lowest BCUT2D eigenvalue weighted by Crippen LogP contribution is -2.33. The van der Waals surface area contributed by atoms with E-state index in [0.717, 1.165) is 6.54 Å². The molecule has 4 rings (SSSR count). The van der Waals surface area contributed by atoms with Gasteiger partial charge in [0, 0.05) is 34.6 Å². The molecule has 0 radical (unpaired) electrons. The van der Waals surface area contributed by atoms with Crippen LogP contribution in [0.1, 0.15) is 47.6 Å². The second-order valence-electron chi connectivity index (χ2n) is 7.61. The first-order chi connectivity index (χ1) is 13.2. The smallest absolute Gasteiger partial charge is 0.0487 e. The number of aromatic amines is 1. The maximum absolute atomic E-state index is 3.43. The van der Waals surface area contributed by atoms with Gasteiger partial charge in [0.05, 0.1) is 0 Å². The Bertz CT molecular complexity index is 913. The van der Waals surface area contributed by atoms with E-state index in [9.17, 15) is 0 Å². The highest BCUT2D eigenvalue weighted by Crippen LogP contribution is 2.35. The van der Waals surface area contributed by atoms with E-state index in [0.29, 0.717) is 6.04 Å². The van der Waals surface area contributed by atoms with E-state index in [1.165, 1.54) is 63.9 Å². The number of piperidine rings is 1. The lowest BCUT2D eigenvalue weighted by molar-refractivity contribution is 0.140. The van der Waals surface area contributed by atoms with Crippen LogP contribution in [0.5, 0.6) is 0 Å². The number of benzene rings is 2. The number of H-pyrrole nitrogens is 1. The average Bonchev–Trinajstić information content (AvgIpc) is 3.17. The molecule has 142 valence electrons. The number of nitrogens with zero attached hydrogens (tertiary/aromatic N) is 1. The minimum absolute atomic E-state index is 0.516. The fraction of sp³-hybridized carbons (Fsp3) is 0.391. The first-order valence-electron chi connectivity index (χ1n) is 9.91. The van der Waals surface area contributed by atoms with Crippen molar-refractivity contribution in [3.8, 4) is 0 Å². The summed E-state index contributed by atoms with van der Waals surface area (Å²) in [5.74, 6) is 0. The summed E-state index contributed by atoms with van der Waals surface area (Å²) in [5.41, 5.74) is 6.96. The van der Waals surface area contributed by atoms with Crippen LogP contribution in [0.15, 0.2) is 47.5 Å². The number of aryl methyl sites for hydroxylation is 2. The van der Waals surface area contributed by atoms with Crippen molar-refractivity contribution in [2.24, 2.45) is 0 Å². The van der Waals surface area contributed by atoms with E-state index in [-0.39, 0.29) is 0 Å². The minimum Gasteiger partial charge on any atom is -0.361 e. The second-order valence-corrected chi connectivity index (χ2v) is 8.70. The van der Waals surface area contributed by atoms with Gasteiger partial charge in [-0.15, -0.1) is 0 Å². The molecule has 0 amide bonds. The number of hydrogen-bond donors (Lipinski definition) is 2. The molecule has 2 heterocycles. The molecule has 0 saturated carbocycles. The van der Waals surface area contributed by atoms with Crippen LogP contribution in [0, 0.1) is 13.8 Å². The molecular formula is C23H29N3S. The Morgan fingerprint density at radius 3 is 2.70 bits per heavy atom. The van der Waals surface area contributed by atoms with Gasteiger partial charge in [0.15, 0.2) is 0 Å². The van der Waals surface area contributed by atoms with Gasteiger partial charge in [-0.05, 0) is 92.7 Å². The van der Waals surface area contributed by atoms with E-state index < -0.39 is 0 Å². The Morgan fingerprint density at radius 1 is 1.11 bits per heavy atom. The Labute approximate surface area is 166 Å². The van der Waals surface area contributed by atoms with Crippen molar-refractivity contribution in [3.05, 3.63) is 64.8 Å². The van der Waals surface area contributed by atoms with Crippen molar-refractivity contribution in [2.45, 2.75) is 50.6 Å². The van der Waals surface area contributed by atoms with Crippen molar-refractivity contribution in [1.29, 1.82) is 0 Å². The van der Waals surface area contributed by atoms with Crippen molar-refractivity contribution >= 4 is 22.9 Å². The molecule has 1 atom stereocenters. The molecule has 1 fully saturated rings. The molecule has 1 unspecified atom stereocenters.